The average molecular weight is 549 g/mol. The molecule has 3 saturated carbocycles. The smallest absolute Gasteiger partial charge is 0.309 e. The van der Waals surface area contributed by atoms with Crippen LogP contribution in [0.4, 0.5) is 0 Å². The first kappa shape index (κ1) is 32.9. The van der Waals surface area contributed by atoms with Crippen molar-refractivity contribution in [3.63, 3.8) is 0 Å². The summed E-state index contributed by atoms with van der Waals surface area (Å²) in [6, 6.07) is 0. The van der Waals surface area contributed by atoms with E-state index in [9.17, 15) is 4.79 Å². The molecule has 0 N–H and O–H groups in total. The first-order valence-corrected chi connectivity index (χ1v) is 17.6. The Kier molecular flexibility index (Phi) is 17.1. The van der Waals surface area contributed by atoms with Crippen molar-refractivity contribution in [1.29, 1.82) is 0 Å². The van der Waals surface area contributed by atoms with Crippen LogP contribution in [0.15, 0.2) is 0 Å². The zero-order valence-electron chi connectivity index (χ0n) is 26.0. The second-order valence-electron chi connectivity index (χ2n) is 13.3. The van der Waals surface area contributed by atoms with Crippen LogP contribution >= 0.6 is 0 Å². The standard InChI is InChI=1S/C35H64O4/c1-3-5-7-9-10-11-12-14-28-38-33-23-19-31(20-24-33)35(36)39-34-25-17-30(18-26-34)29-15-21-32(22-16-29)37-27-13-8-6-4-2/h29-34H,3-28H2,1-2H3. The Hall–Kier alpha value is -0.610. The third-order valence-electron chi connectivity index (χ3n) is 10.1. The Bertz CT molecular complexity index is 598. The van der Waals surface area contributed by atoms with Crippen molar-refractivity contribution >= 4 is 5.97 Å². The Balaban J connectivity index is 1.18. The van der Waals surface area contributed by atoms with E-state index in [1.54, 1.807) is 0 Å². The summed E-state index contributed by atoms with van der Waals surface area (Å²) in [5, 5.41) is 0. The molecule has 0 aromatic rings. The van der Waals surface area contributed by atoms with Gasteiger partial charge in [0.25, 0.3) is 0 Å². The number of ether oxygens (including phenoxy) is 3. The SMILES string of the molecule is CCCCCCCCCCOC1CCC(C(=O)OC2CCC(C3CCC(OCCCCCC)CC3)CC2)CC1. The minimum absolute atomic E-state index is 0.0802. The van der Waals surface area contributed by atoms with Gasteiger partial charge in [0.1, 0.15) is 6.10 Å². The maximum atomic E-state index is 12.9. The molecule has 0 radical (unpaired) electrons. The molecule has 3 fully saturated rings. The Morgan fingerprint density at radius 1 is 0.487 bits per heavy atom. The van der Waals surface area contributed by atoms with Gasteiger partial charge in [-0.25, -0.2) is 0 Å². The molecule has 0 saturated heterocycles. The summed E-state index contributed by atoms with van der Waals surface area (Å²) in [6.07, 6.45) is 30.6. The molecule has 0 bridgehead atoms. The maximum absolute atomic E-state index is 12.9. The third kappa shape index (κ3) is 13.3. The molecule has 4 nitrogen and oxygen atoms in total. The second kappa shape index (κ2) is 20.3. The maximum Gasteiger partial charge on any atom is 0.309 e. The van der Waals surface area contributed by atoms with Crippen molar-refractivity contribution in [3.05, 3.63) is 0 Å². The predicted molar refractivity (Wildman–Crippen MR) is 162 cm³/mol. The lowest BCUT2D eigenvalue weighted by Gasteiger charge is -2.38. The normalized spacial score (nSPS) is 29.8. The summed E-state index contributed by atoms with van der Waals surface area (Å²) in [5.41, 5.74) is 0. The minimum Gasteiger partial charge on any atom is -0.462 e. The van der Waals surface area contributed by atoms with E-state index in [0.717, 1.165) is 63.6 Å². The van der Waals surface area contributed by atoms with Crippen molar-refractivity contribution in [2.45, 2.75) is 186 Å². The molecule has 0 atom stereocenters. The van der Waals surface area contributed by atoms with Gasteiger partial charge in [-0.15, -0.1) is 0 Å². The van der Waals surface area contributed by atoms with Gasteiger partial charge in [0.15, 0.2) is 0 Å². The van der Waals surface area contributed by atoms with Gasteiger partial charge >= 0.3 is 5.97 Å². The third-order valence-corrected chi connectivity index (χ3v) is 10.1. The summed E-state index contributed by atoms with van der Waals surface area (Å²) in [7, 11) is 0. The molecule has 39 heavy (non-hydrogen) atoms. The Morgan fingerprint density at radius 2 is 0.872 bits per heavy atom. The van der Waals surface area contributed by atoms with Crippen LogP contribution in [0.5, 0.6) is 0 Å². The number of unbranched alkanes of at least 4 members (excludes halogenated alkanes) is 10. The van der Waals surface area contributed by atoms with Gasteiger partial charge in [0, 0.05) is 13.2 Å². The van der Waals surface area contributed by atoms with Crippen LogP contribution in [0.25, 0.3) is 0 Å². The Morgan fingerprint density at radius 3 is 1.36 bits per heavy atom. The second-order valence-corrected chi connectivity index (χ2v) is 13.3. The summed E-state index contributed by atoms with van der Waals surface area (Å²) >= 11 is 0. The van der Waals surface area contributed by atoms with Crippen molar-refractivity contribution in [3.8, 4) is 0 Å². The summed E-state index contributed by atoms with van der Waals surface area (Å²) < 4.78 is 18.4. The fraction of sp³-hybridized carbons (Fsp3) is 0.971. The molecule has 3 rings (SSSR count). The highest BCUT2D eigenvalue weighted by Gasteiger charge is 2.34. The highest BCUT2D eigenvalue weighted by atomic mass is 16.5. The first-order chi connectivity index (χ1) is 19.2. The van der Waals surface area contributed by atoms with Crippen LogP contribution in [0.2, 0.25) is 0 Å². The van der Waals surface area contributed by atoms with Gasteiger partial charge < -0.3 is 14.2 Å². The van der Waals surface area contributed by atoms with E-state index in [-0.39, 0.29) is 18.0 Å². The highest BCUT2D eigenvalue weighted by molar-refractivity contribution is 5.72. The highest BCUT2D eigenvalue weighted by Crippen LogP contribution is 2.40. The fourth-order valence-electron chi connectivity index (χ4n) is 7.40. The van der Waals surface area contributed by atoms with Crippen LogP contribution in [0.1, 0.15) is 168 Å². The molecular weight excluding hydrogens is 484 g/mol. The van der Waals surface area contributed by atoms with E-state index >= 15 is 0 Å². The van der Waals surface area contributed by atoms with E-state index in [4.69, 9.17) is 14.2 Å². The van der Waals surface area contributed by atoms with Crippen molar-refractivity contribution in [2.75, 3.05) is 13.2 Å². The van der Waals surface area contributed by atoms with Crippen LogP contribution in [0.3, 0.4) is 0 Å². The van der Waals surface area contributed by atoms with Gasteiger partial charge in [-0.2, -0.15) is 0 Å². The number of hydrogen-bond donors (Lipinski definition) is 0. The van der Waals surface area contributed by atoms with Crippen LogP contribution in [-0.4, -0.2) is 37.5 Å². The average Bonchev–Trinajstić information content (AvgIpc) is 2.97. The molecule has 3 aliphatic rings. The van der Waals surface area contributed by atoms with Crippen molar-refractivity contribution in [1.82, 2.24) is 0 Å². The van der Waals surface area contributed by atoms with Crippen molar-refractivity contribution in [2.24, 2.45) is 17.8 Å². The fourth-order valence-corrected chi connectivity index (χ4v) is 7.40. The largest absolute Gasteiger partial charge is 0.462 e. The van der Waals surface area contributed by atoms with Gasteiger partial charge in [0.05, 0.1) is 18.1 Å². The monoisotopic (exact) mass is 548 g/mol. The van der Waals surface area contributed by atoms with Gasteiger partial charge in [0.2, 0.25) is 0 Å². The molecule has 0 aromatic carbocycles. The zero-order valence-corrected chi connectivity index (χ0v) is 26.0. The molecule has 0 amide bonds. The molecular formula is C35H64O4. The molecule has 0 spiro atoms. The molecule has 0 unspecified atom stereocenters. The number of hydrogen-bond acceptors (Lipinski definition) is 4. The summed E-state index contributed by atoms with van der Waals surface area (Å²) in [6.45, 7) is 6.39. The van der Waals surface area contributed by atoms with E-state index in [2.05, 4.69) is 13.8 Å². The van der Waals surface area contributed by atoms with E-state index in [1.807, 2.05) is 0 Å². The summed E-state index contributed by atoms with van der Waals surface area (Å²) in [5.74, 6) is 1.88. The quantitative estimate of drug-likeness (QED) is 0.119. The lowest BCUT2D eigenvalue weighted by Crippen LogP contribution is -2.33. The lowest BCUT2D eigenvalue weighted by atomic mass is 9.72. The van der Waals surface area contributed by atoms with Crippen LogP contribution in [0, 0.1) is 17.8 Å². The van der Waals surface area contributed by atoms with Gasteiger partial charge in [-0.3, -0.25) is 4.79 Å². The number of carbonyl (C=O) groups excluding carboxylic acids is 1. The van der Waals surface area contributed by atoms with Crippen LogP contribution in [-0.2, 0) is 19.0 Å². The number of esters is 1. The topological polar surface area (TPSA) is 44.8 Å². The molecule has 0 aromatic heterocycles. The van der Waals surface area contributed by atoms with Gasteiger partial charge in [-0.1, -0.05) is 78.1 Å². The van der Waals surface area contributed by atoms with E-state index in [1.165, 1.54) is 116 Å². The van der Waals surface area contributed by atoms with E-state index in [0.29, 0.717) is 12.2 Å². The lowest BCUT2D eigenvalue weighted by molar-refractivity contribution is -0.158. The van der Waals surface area contributed by atoms with E-state index < -0.39 is 0 Å². The Labute approximate surface area is 242 Å². The molecule has 228 valence electrons. The molecule has 0 aliphatic heterocycles. The van der Waals surface area contributed by atoms with Gasteiger partial charge in [-0.05, 0) is 102 Å². The molecule has 0 heterocycles. The number of carbonyl (C=O) groups is 1. The van der Waals surface area contributed by atoms with Crippen LogP contribution < -0.4 is 0 Å². The zero-order chi connectivity index (χ0) is 27.5. The predicted octanol–water partition coefficient (Wildman–Crippen LogP) is 9.96. The number of rotatable bonds is 19. The molecule has 4 heteroatoms. The van der Waals surface area contributed by atoms with Crippen molar-refractivity contribution < 1.29 is 19.0 Å². The molecule has 3 aliphatic carbocycles. The minimum atomic E-state index is 0.0802. The summed E-state index contributed by atoms with van der Waals surface area (Å²) in [4.78, 5) is 12.9. The first-order valence-electron chi connectivity index (χ1n) is 17.6.